The fourth-order valence-corrected chi connectivity index (χ4v) is 9.64. The third-order valence-electron chi connectivity index (χ3n) is 12.8. The normalized spacial score (nSPS) is 11.5. The van der Waals surface area contributed by atoms with Gasteiger partial charge in [-0.25, -0.2) is 15.0 Å². The van der Waals surface area contributed by atoms with Crippen LogP contribution in [0.25, 0.3) is 123 Å². The van der Waals surface area contributed by atoms with Crippen molar-refractivity contribution >= 4 is 43.6 Å². The second kappa shape index (κ2) is 16.3. The Hall–Kier alpha value is -9.33. The minimum Gasteiger partial charge on any atom is -0.309 e. The number of rotatable bonds is 8. The van der Waals surface area contributed by atoms with Crippen LogP contribution >= 0.6 is 0 Å². The predicted molar refractivity (Wildman–Crippen MR) is 277 cm³/mol. The second-order valence-corrected chi connectivity index (χ2v) is 16.9. The van der Waals surface area contributed by atoms with Crippen LogP contribution in [0.3, 0.4) is 0 Å². The lowest BCUT2D eigenvalue weighted by molar-refractivity contribution is 0.953. The Morgan fingerprint density at radius 1 is 0.250 bits per heavy atom. The molecule has 9 aromatic carbocycles. The highest BCUT2D eigenvalue weighted by molar-refractivity contribution is 6.28. The van der Waals surface area contributed by atoms with Crippen LogP contribution in [0.1, 0.15) is 0 Å². The van der Waals surface area contributed by atoms with Crippen molar-refractivity contribution in [1.82, 2.24) is 34.1 Å². The maximum absolute atomic E-state index is 5.31. The van der Waals surface area contributed by atoms with Gasteiger partial charge in [-0.1, -0.05) is 188 Å². The smallest absolute Gasteiger partial charge is 0.238 e. The molecule has 0 atom stereocenters. The lowest BCUT2D eigenvalue weighted by Crippen LogP contribution is -2.06. The van der Waals surface area contributed by atoms with Crippen molar-refractivity contribution in [3.05, 3.63) is 237 Å². The van der Waals surface area contributed by atoms with Crippen molar-refractivity contribution < 1.29 is 0 Å². The standard InChI is InChI=1S/C61H39N7/c1-5-18-40(19-6-1)45-26-17-27-46(38-45)60-64-59(44-24-11-4-12-25-44)65-61(66-60)68-53-31-16-14-29-49(53)57-55(68)37-36-54-56(57)48-28-13-15-30-52(48)67(54)47-34-32-42(33-35-47)51-39-50(41-20-7-2-8-21-41)62-58(63-51)43-22-9-3-10-23-43/h1-39H. The number of aromatic nitrogens is 7. The predicted octanol–water partition coefficient (Wildman–Crippen LogP) is 14.9. The van der Waals surface area contributed by atoms with Crippen molar-refractivity contribution in [3.8, 4) is 79.4 Å². The van der Waals surface area contributed by atoms with E-state index in [0.717, 1.165) is 94.2 Å². The summed E-state index contributed by atoms with van der Waals surface area (Å²) < 4.78 is 4.58. The summed E-state index contributed by atoms with van der Waals surface area (Å²) in [6.07, 6.45) is 0. The summed E-state index contributed by atoms with van der Waals surface area (Å²) in [7, 11) is 0. The molecular formula is C61H39N7. The zero-order valence-corrected chi connectivity index (χ0v) is 36.6. The van der Waals surface area contributed by atoms with Crippen molar-refractivity contribution in [2.75, 3.05) is 0 Å². The molecule has 13 rings (SSSR count). The Morgan fingerprint density at radius 2 is 0.676 bits per heavy atom. The molecule has 0 unspecified atom stereocenters. The average molecular weight is 870 g/mol. The zero-order valence-electron chi connectivity index (χ0n) is 36.6. The minimum absolute atomic E-state index is 0.555. The van der Waals surface area contributed by atoms with Gasteiger partial charge in [-0.05, 0) is 59.7 Å². The summed E-state index contributed by atoms with van der Waals surface area (Å²) in [6, 6.07) is 82.1. The molecule has 0 bridgehead atoms. The first-order valence-corrected chi connectivity index (χ1v) is 22.8. The highest BCUT2D eigenvalue weighted by Crippen LogP contribution is 2.42. The SMILES string of the molecule is c1ccc(-c2cccc(-c3nc(-c4ccccc4)nc(-n4c5ccccc5c5c6c7ccccc7n(-c7ccc(-c8cc(-c9ccccc9)nc(-c9ccccc9)n8)cc7)c6ccc54)n3)c2)cc1. The minimum atomic E-state index is 0.555. The number of hydrogen-bond donors (Lipinski definition) is 0. The van der Waals surface area contributed by atoms with Gasteiger partial charge in [0.1, 0.15) is 0 Å². The Bertz CT molecular complexity index is 3940. The molecule has 0 radical (unpaired) electrons. The number of nitrogens with zero attached hydrogens (tertiary/aromatic N) is 7. The first-order valence-electron chi connectivity index (χ1n) is 22.8. The van der Waals surface area contributed by atoms with E-state index in [1.54, 1.807) is 0 Å². The first-order chi connectivity index (χ1) is 33.7. The van der Waals surface area contributed by atoms with Gasteiger partial charge in [-0.15, -0.1) is 0 Å². The van der Waals surface area contributed by atoms with E-state index < -0.39 is 0 Å². The van der Waals surface area contributed by atoms with Gasteiger partial charge in [0.2, 0.25) is 5.95 Å². The molecule has 0 saturated carbocycles. The van der Waals surface area contributed by atoms with Crippen molar-refractivity contribution in [3.63, 3.8) is 0 Å². The highest BCUT2D eigenvalue weighted by atomic mass is 15.2. The van der Waals surface area contributed by atoms with Gasteiger partial charge >= 0.3 is 0 Å². The number of fused-ring (bicyclic) bond motifs is 7. The molecule has 0 spiro atoms. The molecule has 0 N–H and O–H groups in total. The molecule has 4 aromatic heterocycles. The molecule has 0 fully saturated rings. The maximum Gasteiger partial charge on any atom is 0.238 e. The van der Waals surface area contributed by atoms with E-state index in [9.17, 15) is 0 Å². The average Bonchev–Trinajstić information content (AvgIpc) is 3.95. The van der Waals surface area contributed by atoms with Gasteiger partial charge in [0, 0.05) is 55.0 Å². The van der Waals surface area contributed by atoms with Gasteiger partial charge in [0.25, 0.3) is 0 Å². The molecule has 0 amide bonds. The largest absolute Gasteiger partial charge is 0.309 e. The number of benzene rings is 9. The van der Waals surface area contributed by atoms with E-state index in [1.807, 2.05) is 60.7 Å². The van der Waals surface area contributed by atoms with E-state index in [1.165, 1.54) is 5.39 Å². The topological polar surface area (TPSA) is 74.3 Å². The first kappa shape index (κ1) is 39.1. The van der Waals surface area contributed by atoms with Crippen LogP contribution in [0.5, 0.6) is 0 Å². The second-order valence-electron chi connectivity index (χ2n) is 16.9. The van der Waals surface area contributed by atoms with Crippen molar-refractivity contribution in [2.24, 2.45) is 0 Å². The third kappa shape index (κ3) is 6.72. The molecule has 0 saturated heterocycles. The van der Waals surface area contributed by atoms with E-state index in [2.05, 4.69) is 185 Å². The van der Waals surface area contributed by atoms with Gasteiger partial charge in [-0.2, -0.15) is 9.97 Å². The van der Waals surface area contributed by atoms with Gasteiger partial charge in [0.15, 0.2) is 17.5 Å². The summed E-state index contributed by atoms with van der Waals surface area (Å²) in [4.78, 5) is 25.8. The van der Waals surface area contributed by atoms with E-state index in [-0.39, 0.29) is 0 Å². The Kier molecular flexibility index (Phi) is 9.35. The lowest BCUT2D eigenvalue weighted by atomic mass is 10.0. The van der Waals surface area contributed by atoms with Crippen LogP contribution in [-0.2, 0) is 0 Å². The fraction of sp³-hybridized carbons (Fsp3) is 0. The van der Waals surface area contributed by atoms with Crippen LogP contribution in [0, 0.1) is 0 Å². The highest BCUT2D eigenvalue weighted by Gasteiger charge is 2.23. The van der Waals surface area contributed by atoms with Crippen LogP contribution in [0.4, 0.5) is 0 Å². The zero-order chi connectivity index (χ0) is 45.0. The van der Waals surface area contributed by atoms with Crippen molar-refractivity contribution in [1.29, 1.82) is 0 Å². The fourth-order valence-electron chi connectivity index (χ4n) is 9.64. The van der Waals surface area contributed by atoms with E-state index in [4.69, 9.17) is 24.9 Å². The van der Waals surface area contributed by atoms with E-state index >= 15 is 0 Å². The van der Waals surface area contributed by atoms with Gasteiger partial charge in [-0.3, -0.25) is 4.57 Å². The lowest BCUT2D eigenvalue weighted by Gasteiger charge is -2.12. The molecule has 318 valence electrons. The molecule has 0 aliphatic rings. The molecule has 0 aliphatic heterocycles. The number of para-hydroxylation sites is 2. The van der Waals surface area contributed by atoms with Crippen molar-refractivity contribution in [2.45, 2.75) is 0 Å². The third-order valence-corrected chi connectivity index (χ3v) is 12.8. The molecular weight excluding hydrogens is 831 g/mol. The molecule has 13 aromatic rings. The summed E-state index contributed by atoms with van der Waals surface area (Å²) in [6.45, 7) is 0. The van der Waals surface area contributed by atoms with Crippen LogP contribution < -0.4 is 0 Å². The molecule has 68 heavy (non-hydrogen) atoms. The van der Waals surface area contributed by atoms with Crippen LogP contribution in [0.2, 0.25) is 0 Å². The molecule has 7 nitrogen and oxygen atoms in total. The monoisotopic (exact) mass is 869 g/mol. The van der Waals surface area contributed by atoms with Gasteiger partial charge in [0.05, 0.1) is 33.5 Å². The summed E-state index contributed by atoms with van der Waals surface area (Å²) >= 11 is 0. The Balaban J connectivity index is 0.984. The molecule has 7 heteroatoms. The number of hydrogen-bond acceptors (Lipinski definition) is 5. The summed E-state index contributed by atoms with van der Waals surface area (Å²) in [5, 5.41) is 4.59. The van der Waals surface area contributed by atoms with Crippen LogP contribution in [-0.4, -0.2) is 34.1 Å². The van der Waals surface area contributed by atoms with Gasteiger partial charge < -0.3 is 4.57 Å². The summed E-state index contributed by atoms with van der Waals surface area (Å²) in [5.41, 5.74) is 14.1. The van der Waals surface area contributed by atoms with E-state index in [0.29, 0.717) is 23.4 Å². The van der Waals surface area contributed by atoms with Crippen LogP contribution in [0.15, 0.2) is 237 Å². The Labute approximate surface area is 392 Å². The molecule has 0 aliphatic carbocycles. The molecule has 4 heterocycles. The quantitative estimate of drug-likeness (QED) is 0.152. The summed E-state index contributed by atoms with van der Waals surface area (Å²) in [5.74, 6) is 2.46. The maximum atomic E-state index is 5.31. The Morgan fingerprint density at radius 3 is 1.26 bits per heavy atom.